The number of carbonyl (C=O) groups is 2. The van der Waals surface area contributed by atoms with Crippen LogP contribution in [-0.2, 0) is 28.5 Å². The van der Waals surface area contributed by atoms with Crippen molar-refractivity contribution in [1.82, 2.24) is 9.80 Å². The zero-order valence-electron chi connectivity index (χ0n) is 22.0. The Bertz CT molecular complexity index is 1360. The number of likely N-dealkylation sites (N-methyl/N-ethyl adjacent to an activating group) is 1. The van der Waals surface area contributed by atoms with Crippen molar-refractivity contribution >= 4 is 23.6 Å². The number of alkyl halides is 3. The zero-order chi connectivity index (χ0) is 29.1. The molecule has 3 rings (SSSR count). The number of hydrogen-bond donors (Lipinski definition) is 2. The smallest absolute Gasteiger partial charge is 0.416 e. The Morgan fingerprint density at radius 2 is 1.87 bits per heavy atom. The minimum Gasteiger partial charge on any atom is -0.466 e. The lowest BCUT2D eigenvalue weighted by molar-refractivity contribution is -0.138. The van der Waals surface area contributed by atoms with Crippen LogP contribution in [0.2, 0.25) is 0 Å². The average molecular weight is 543 g/mol. The summed E-state index contributed by atoms with van der Waals surface area (Å²) >= 11 is 0. The summed E-state index contributed by atoms with van der Waals surface area (Å²) in [6.45, 7) is 2.13. The Labute approximate surface area is 224 Å². The molecule has 0 aromatic heterocycles. The van der Waals surface area contributed by atoms with Crippen molar-refractivity contribution in [1.29, 1.82) is 10.7 Å². The average Bonchev–Trinajstić information content (AvgIpc) is 2.87. The van der Waals surface area contributed by atoms with Crippen LogP contribution in [0.5, 0.6) is 0 Å². The van der Waals surface area contributed by atoms with Crippen LogP contribution in [0.25, 0.3) is 0 Å². The van der Waals surface area contributed by atoms with E-state index in [1.54, 1.807) is 18.2 Å². The van der Waals surface area contributed by atoms with E-state index in [1.165, 1.54) is 19.1 Å². The number of nitriles is 1. The first-order chi connectivity index (χ1) is 18.3. The normalized spacial score (nSPS) is 16.0. The Morgan fingerprint density at radius 3 is 2.44 bits per heavy atom. The predicted molar refractivity (Wildman–Crippen MR) is 139 cm³/mol. The van der Waals surface area contributed by atoms with Crippen molar-refractivity contribution < 1.29 is 27.5 Å². The number of methoxy groups -OCH3 is 1. The maximum Gasteiger partial charge on any atom is 0.416 e. The summed E-state index contributed by atoms with van der Waals surface area (Å²) in [5, 5.41) is 18.2. The van der Waals surface area contributed by atoms with Crippen molar-refractivity contribution in [3.05, 3.63) is 76.0 Å². The van der Waals surface area contributed by atoms with Crippen LogP contribution in [0, 0.1) is 16.7 Å². The van der Waals surface area contributed by atoms with E-state index in [0.29, 0.717) is 24.1 Å². The zero-order valence-corrected chi connectivity index (χ0v) is 22.0. The maximum atomic E-state index is 13.4. The lowest BCUT2D eigenvalue weighted by Crippen LogP contribution is -2.59. The highest BCUT2D eigenvalue weighted by molar-refractivity contribution is 6.10. The third-order valence-corrected chi connectivity index (χ3v) is 6.46. The Morgan fingerprint density at radius 1 is 1.18 bits per heavy atom. The van der Waals surface area contributed by atoms with E-state index in [2.05, 4.69) is 6.07 Å². The molecule has 12 heteroatoms. The van der Waals surface area contributed by atoms with Gasteiger partial charge >= 0.3 is 18.2 Å². The molecule has 1 aliphatic heterocycles. The van der Waals surface area contributed by atoms with Gasteiger partial charge in [0.1, 0.15) is 0 Å². The summed E-state index contributed by atoms with van der Waals surface area (Å²) < 4.78 is 45.3. The van der Waals surface area contributed by atoms with Crippen LogP contribution in [0.4, 0.5) is 23.7 Å². The molecule has 0 saturated heterocycles. The molecule has 1 aliphatic rings. The van der Waals surface area contributed by atoms with Crippen molar-refractivity contribution in [2.45, 2.75) is 32.0 Å². The summed E-state index contributed by atoms with van der Waals surface area (Å²) in [6, 6.07) is 9.21. The van der Waals surface area contributed by atoms with Crippen LogP contribution in [0.1, 0.15) is 29.2 Å². The first-order valence-corrected chi connectivity index (χ1v) is 11.9. The summed E-state index contributed by atoms with van der Waals surface area (Å²) in [6.07, 6.45) is -4.05. The summed E-state index contributed by atoms with van der Waals surface area (Å²) in [5.74, 6) is -1.34. The van der Waals surface area contributed by atoms with Crippen LogP contribution in [0.3, 0.4) is 0 Å². The molecule has 0 fully saturated rings. The minimum absolute atomic E-state index is 0.0346. The highest BCUT2D eigenvalue weighted by Gasteiger charge is 2.43. The molecule has 0 saturated carbocycles. The van der Waals surface area contributed by atoms with Crippen LogP contribution in [0.15, 0.2) is 53.7 Å². The van der Waals surface area contributed by atoms with Crippen molar-refractivity contribution in [3.63, 3.8) is 0 Å². The third kappa shape index (κ3) is 6.21. The number of ether oxygens (including phenoxy) is 1. The van der Waals surface area contributed by atoms with Gasteiger partial charge in [0.05, 0.1) is 35.9 Å². The molecule has 2 aromatic rings. The number of anilines is 1. The number of rotatable bonds is 7. The first kappa shape index (κ1) is 29.2. The van der Waals surface area contributed by atoms with Crippen molar-refractivity contribution in [2.24, 2.45) is 5.73 Å². The molecule has 206 valence electrons. The second-order valence-electron chi connectivity index (χ2n) is 9.27. The monoisotopic (exact) mass is 542 g/mol. The molecule has 2 amide bonds. The summed E-state index contributed by atoms with van der Waals surface area (Å²) in [7, 11) is 4.94. The molecule has 3 N–H and O–H groups in total. The van der Waals surface area contributed by atoms with E-state index in [-0.39, 0.29) is 23.4 Å². The highest BCUT2D eigenvalue weighted by Crippen LogP contribution is 2.36. The van der Waals surface area contributed by atoms with Crippen molar-refractivity contribution in [2.75, 3.05) is 32.6 Å². The van der Waals surface area contributed by atoms with E-state index in [4.69, 9.17) is 15.9 Å². The minimum atomic E-state index is -4.65. The number of hydrogen-bond acceptors (Lipinski definition) is 6. The van der Waals surface area contributed by atoms with Gasteiger partial charge < -0.3 is 15.4 Å². The van der Waals surface area contributed by atoms with Gasteiger partial charge in [-0.25, -0.2) is 9.59 Å². The molecule has 1 atom stereocenters. The summed E-state index contributed by atoms with van der Waals surface area (Å²) in [5.41, 5.74) is 6.69. The van der Waals surface area contributed by atoms with Crippen molar-refractivity contribution in [3.8, 4) is 6.07 Å². The highest BCUT2D eigenvalue weighted by atomic mass is 19.4. The van der Waals surface area contributed by atoms with Crippen LogP contribution < -0.4 is 10.6 Å². The van der Waals surface area contributed by atoms with Gasteiger partial charge in [-0.2, -0.15) is 18.4 Å². The largest absolute Gasteiger partial charge is 0.466 e. The summed E-state index contributed by atoms with van der Waals surface area (Å²) in [4.78, 5) is 29.7. The fraction of sp³-hybridized carbons (Fsp3) is 0.333. The van der Waals surface area contributed by atoms with Crippen LogP contribution in [-0.4, -0.2) is 61.6 Å². The van der Waals surface area contributed by atoms with Gasteiger partial charge in [0.15, 0.2) is 0 Å². The molecule has 2 aromatic carbocycles. The number of nitrogens with one attached hydrogen (secondary N) is 1. The molecular formula is C27H29F3N6O3. The van der Waals surface area contributed by atoms with Gasteiger partial charge in [0.25, 0.3) is 0 Å². The number of esters is 1. The molecule has 39 heavy (non-hydrogen) atoms. The third-order valence-electron chi connectivity index (χ3n) is 6.46. The fourth-order valence-corrected chi connectivity index (χ4v) is 4.57. The van der Waals surface area contributed by atoms with E-state index >= 15 is 0 Å². The number of guanidine groups is 1. The molecule has 1 heterocycles. The van der Waals surface area contributed by atoms with Gasteiger partial charge in [0, 0.05) is 17.9 Å². The number of allylic oxidation sites excluding steroid dienone is 1. The first-order valence-electron chi connectivity index (χ1n) is 11.9. The topological polar surface area (TPSA) is 127 Å². The maximum absolute atomic E-state index is 13.4. The number of halogens is 3. The number of nitrogens with zero attached hydrogens (tertiary/aromatic N) is 4. The Balaban J connectivity index is 2.20. The Kier molecular flexibility index (Phi) is 8.66. The standard InChI is InChI=1S/C27H29F3N6O3/c1-16-23(24(37)39-4)22(13-18-9-8-17(15-31)12-19(18)10-11-34(2)3)36(26(33)38)25(32)35(16)21-7-5-6-20(14-21)27(28,29)30/h5-9,12,14,22,32H,10-11,13H2,1-4H3,(H2,33,38). The van der Waals surface area contributed by atoms with Gasteiger partial charge in [-0.15, -0.1) is 0 Å². The van der Waals surface area contributed by atoms with Gasteiger partial charge in [-0.1, -0.05) is 12.1 Å². The van der Waals surface area contributed by atoms with Gasteiger partial charge in [-0.05, 0) is 75.3 Å². The van der Waals surface area contributed by atoms with E-state index in [1.807, 2.05) is 19.0 Å². The lowest BCUT2D eigenvalue weighted by Gasteiger charge is -2.43. The SMILES string of the molecule is COC(=O)C1=C(C)N(c2cccc(C(F)(F)F)c2)C(=N)N(C(N)=O)C1Cc1ccc(C#N)cc1CCN(C)C. The fourth-order valence-electron chi connectivity index (χ4n) is 4.57. The molecule has 0 spiro atoms. The second kappa shape index (κ2) is 11.6. The van der Waals surface area contributed by atoms with E-state index in [0.717, 1.165) is 34.6 Å². The molecule has 0 radical (unpaired) electrons. The number of carbonyl (C=O) groups excluding carboxylic acids is 2. The predicted octanol–water partition coefficient (Wildman–Crippen LogP) is 3.87. The van der Waals surface area contributed by atoms with Gasteiger partial charge in [0.2, 0.25) is 5.96 Å². The Hall–Kier alpha value is -4.37. The van der Waals surface area contributed by atoms with Crippen LogP contribution >= 0.6 is 0 Å². The number of benzene rings is 2. The number of urea groups is 1. The number of nitrogens with two attached hydrogens (primary N) is 1. The number of amides is 2. The quantitative estimate of drug-likeness (QED) is 0.512. The molecule has 0 aliphatic carbocycles. The molecule has 0 bridgehead atoms. The van der Waals surface area contributed by atoms with E-state index < -0.39 is 35.7 Å². The van der Waals surface area contributed by atoms with E-state index in [9.17, 15) is 28.0 Å². The molecule has 1 unspecified atom stereocenters. The second-order valence-corrected chi connectivity index (χ2v) is 9.27. The molecular weight excluding hydrogens is 513 g/mol. The number of primary amides is 1. The molecule has 9 nitrogen and oxygen atoms in total. The van der Waals surface area contributed by atoms with Gasteiger partial charge in [-0.3, -0.25) is 15.2 Å². The lowest BCUT2D eigenvalue weighted by atomic mass is 9.89.